The van der Waals surface area contributed by atoms with Gasteiger partial charge in [0.05, 0.1) is 0 Å². The number of likely N-dealkylation sites (N-methyl/N-ethyl adjacent to an activating group) is 1. The van der Waals surface area contributed by atoms with Gasteiger partial charge in [-0.1, -0.05) is 13.8 Å². The number of hydrogen-bond acceptors (Lipinski definition) is 3. The molecule has 1 saturated heterocycles. The number of carbonyl (C=O) groups excluding carboxylic acids is 1. The molecular formula is C15H29N3O. The Morgan fingerprint density at radius 2 is 2.00 bits per heavy atom. The van der Waals surface area contributed by atoms with Crippen molar-refractivity contribution < 1.29 is 4.79 Å². The zero-order valence-electron chi connectivity index (χ0n) is 12.8. The highest BCUT2D eigenvalue weighted by molar-refractivity contribution is 5.83. The fraction of sp³-hybridized carbons (Fsp3) is 0.933. The van der Waals surface area contributed by atoms with Crippen molar-refractivity contribution in [2.45, 2.75) is 39.2 Å². The average Bonchev–Trinajstić information content (AvgIpc) is 3.02. The first kappa shape index (κ1) is 14.8. The Hall–Kier alpha value is -0.610. The summed E-state index contributed by atoms with van der Waals surface area (Å²) in [5.74, 6) is 1.05. The molecular weight excluding hydrogens is 238 g/mol. The third-order valence-electron chi connectivity index (χ3n) is 4.80. The van der Waals surface area contributed by atoms with Gasteiger partial charge in [-0.15, -0.1) is 0 Å². The summed E-state index contributed by atoms with van der Waals surface area (Å²) < 4.78 is 0. The molecule has 1 saturated carbocycles. The minimum Gasteiger partial charge on any atom is -0.352 e. The van der Waals surface area contributed by atoms with Crippen molar-refractivity contribution in [3.05, 3.63) is 0 Å². The van der Waals surface area contributed by atoms with Gasteiger partial charge >= 0.3 is 0 Å². The van der Waals surface area contributed by atoms with E-state index < -0.39 is 0 Å². The van der Waals surface area contributed by atoms with E-state index in [2.05, 4.69) is 43.5 Å². The topological polar surface area (TPSA) is 44.4 Å². The molecule has 1 spiro atoms. The van der Waals surface area contributed by atoms with Crippen LogP contribution in [0.15, 0.2) is 0 Å². The van der Waals surface area contributed by atoms with Crippen LogP contribution >= 0.6 is 0 Å². The van der Waals surface area contributed by atoms with Gasteiger partial charge in [0.15, 0.2) is 0 Å². The molecule has 1 amide bonds. The third-order valence-corrected chi connectivity index (χ3v) is 4.80. The molecule has 1 heterocycles. The second-order valence-electron chi connectivity index (χ2n) is 6.99. The Balaban J connectivity index is 1.86. The molecule has 110 valence electrons. The molecule has 0 aromatic rings. The lowest BCUT2D eigenvalue weighted by Crippen LogP contribution is -2.46. The van der Waals surface area contributed by atoms with Gasteiger partial charge in [0.1, 0.15) is 0 Å². The van der Waals surface area contributed by atoms with Gasteiger partial charge in [-0.05, 0) is 57.8 Å². The lowest BCUT2D eigenvalue weighted by molar-refractivity contribution is -0.124. The Kier molecular flexibility index (Phi) is 4.51. The molecule has 0 bridgehead atoms. The smallest absolute Gasteiger partial charge is 0.223 e. The van der Waals surface area contributed by atoms with Gasteiger partial charge in [-0.25, -0.2) is 0 Å². The molecule has 2 unspecified atom stereocenters. The first-order chi connectivity index (χ1) is 8.94. The van der Waals surface area contributed by atoms with Crippen LogP contribution in [0.4, 0.5) is 0 Å². The molecule has 0 radical (unpaired) electrons. The van der Waals surface area contributed by atoms with Gasteiger partial charge in [-0.3, -0.25) is 4.79 Å². The van der Waals surface area contributed by atoms with E-state index >= 15 is 0 Å². The average molecular weight is 267 g/mol. The fourth-order valence-corrected chi connectivity index (χ4v) is 3.30. The number of piperidine rings is 1. The number of nitrogens with zero attached hydrogens (tertiary/aromatic N) is 1. The van der Waals surface area contributed by atoms with Crippen LogP contribution in [0, 0.1) is 17.3 Å². The zero-order valence-corrected chi connectivity index (χ0v) is 12.8. The SMILES string of the molecule is CC(C)C(CN(C)C)NC(=O)C1CC12CCNCC2. The van der Waals surface area contributed by atoms with Crippen LogP contribution in [0.3, 0.4) is 0 Å². The summed E-state index contributed by atoms with van der Waals surface area (Å²) in [5, 5.41) is 6.67. The Labute approximate surface area is 117 Å². The van der Waals surface area contributed by atoms with Crippen LogP contribution in [0.2, 0.25) is 0 Å². The summed E-state index contributed by atoms with van der Waals surface area (Å²) in [4.78, 5) is 14.6. The molecule has 2 N–H and O–H groups in total. The molecule has 2 atom stereocenters. The van der Waals surface area contributed by atoms with Crippen molar-refractivity contribution in [2.75, 3.05) is 33.7 Å². The van der Waals surface area contributed by atoms with Crippen molar-refractivity contribution in [3.63, 3.8) is 0 Å². The fourth-order valence-electron chi connectivity index (χ4n) is 3.30. The maximum atomic E-state index is 12.4. The van der Waals surface area contributed by atoms with E-state index in [1.165, 1.54) is 12.8 Å². The Bertz CT molecular complexity index is 321. The number of amides is 1. The summed E-state index contributed by atoms with van der Waals surface area (Å²) in [7, 11) is 4.12. The lowest BCUT2D eigenvalue weighted by atomic mass is 9.91. The normalized spacial score (nSPS) is 26.7. The molecule has 2 rings (SSSR count). The molecule has 19 heavy (non-hydrogen) atoms. The van der Waals surface area contributed by atoms with Crippen molar-refractivity contribution >= 4 is 5.91 Å². The monoisotopic (exact) mass is 267 g/mol. The van der Waals surface area contributed by atoms with Crippen LogP contribution in [0.1, 0.15) is 33.1 Å². The lowest BCUT2D eigenvalue weighted by Gasteiger charge is -2.27. The Morgan fingerprint density at radius 3 is 2.53 bits per heavy atom. The zero-order chi connectivity index (χ0) is 14.0. The standard InChI is InChI=1S/C15H29N3O/c1-11(2)13(10-18(3)4)17-14(19)12-9-15(12)5-7-16-8-6-15/h11-13,16H,5-10H2,1-4H3,(H,17,19). The summed E-state index contributed by atoms with van der Waals surface area (Å²) in [5.41, 5.74) is 0.342. The number of rotatable bonds is 5. The van der Waals surface area contributed by atoms with Crippen molar-refractivity contribution in [1.29, 1.82) is 0 Å². The molecule has 0 aromatic heterocycles. The van der Waals surface area contributed by atoms with E-state index in [0.29, 0.717) is 17.2 Å². The molecule has 0 aromatic carbocycles. The second-order valence-corrected chi connectivity index (χ2v) is 6.99. The second kappa shape index (κ2) is 5.80. The molecule has 1 aliphatic carbocycles. The number of hydrogen-bond donors (Lipinski definition) is 2. The van der Waals surface area contributed by atoms with Crippen LogP contribution in [0.5, 0.6) is 0 Å². The van der Waals surface area contributed by atoms with E-state index in [9.17, 15) is 4.79 Å². The molecule has 2 aliphatic rings. The van der Waals surface area contributed by atoms with Gasteiger partial charge in [0.25, 0.3) is 0 Å². The summed E-state index contributed by atoms with van der Waals surface area (Å²) in [6.07, 6.45) is 3.45. The molecule has 4 nitrogen and oxygen atoms in total. The summed E-state index contributed by atoms with van der Waals surface area (Å²) >= 11 is 0. The minimum absolute atomic E-state index is 0.266. The largest absolute Gasteiger partial charge is 0.352 e. The predicted molar refractivity (Wildman–Crippen MR) is 78.0 cm³/mol. The molecule has 4 heteroatoms. The van der Waals surface area contributed by atoms with Crippen molar-refractivity contribution in [1.82, 2.24) is 15.5 Å². The Morgan fingerprint density at radius 1 is 1.37 bits per heavy atom. The van der Waals surface area contributed by atoms with Crippen LogP contribution in [0.25, 0.3) is 0 Å². The van der Waals surface area contributed by atoms with E-state index in [4.69, 9.17) is 0 Å². The predicted octanol–water partition coefficient (Wildman–Crippen LogP) is 1.08. The van der Waals surface area contributed by atoms with Crippen molar-refractivity contribution in [2.24, 2.45) is 17.3 Å². The van der Waals surface area contributed by atoms with E-state index in [0.717, 1.165) is 26.1 Å². The third kappa shape index (κ3) is 3.48. The van der Waals surface area contributed by atoms with E-state index in [-0.39, 0.29) is 12.0 Å². The summed E-state index contributed by atoms with van der Waals surface area (Å²) in [6.45, 7) is 7.44. The van der Waals surface area contributed by atoms with Gasteiger partial charge in [-0.2, -0.15) is 0 Å². The highest BCUT2D eigenvalue weighted by Crippen LogP contribution is 2.58. The van der Waals surface area contributed by atoms with Crippen LogP contribution in [-0.2, 0) is 4.79 Å². The van der Waals surface area contributed by atoms with E-state index in [1.54, 1.807) is 0 Å². The number of nitrogens with one attached hydrogen (secondary N) is 2. The van der Waals surface area contributed by atoms with Crippen LogP contribution in [-0.4, -0.2) is 50.6 Å². The maximum Gasteiger partial charge on any atom is 0.223 e. The van der Waals surface area contributed by atoms with Crippen LogP contribution < -0.4 is 10.6 Å². The number of carbonyl (C=O) groups is 1. The van der Waals surface area contributed by atoms with Gasteiger partial charge in [0, 0.05) is 18.5 Å². The highest BCUT2D eigenvalue weighted by atomic mass is 16.2. The van der Waals surface area contributed by atoms with Gasteiger partial charge in [0.2, 0.25) is 5.91 Å². The molecule has 2 fully saturated rings. The first-order valence-corrected chi connectivity index (χ1v) is 7.60. The summed E-state index contributed by atoms with van der Waals surface area (Å²) in [6, 6.07) is 0.266. The highest BCUT2D eigenvalue weighted by Gasteiger charge is 2.57. The molecule has 1 aliphatic heterocycles. The van der Waals surface area contributed by atoms with Gasteiger partial charge < -0.3 is 15.5 Å². The van der Waals surface area contributed by atoms with E-state index in [1.807, 2.05) is 0 Å². The first-order valence-electron chi connectivity index (χ1n) is 7.60. The van der Waals surface area contributed by atoms with Crippen molar-refractivity contribution in [3.8, 4) is 0 Å². The quantitative estimate of drug-likeness (QED) is 0.783. The minimum atomic E-state index is 0.266. The maximum absolute atomic E-state index is 12.4.